The first-order valence-electron chi connectivity index (χ1n) is 6.00. The lowest BCUT2D eigenvalue weighted by Gasteiger charge is -2.05. The van der Waals surface area contributed by atoms with E-state index in [1.807, 2.05) is 24.3 Å². The summed E-state index contributed by atoms with van der Waals surface area (Å²) in [5.41, 5.74) is 0. The van der Waals surface area contributed by atoms with Gasteiger partial charge < -0.3 is 14.8 Å². The summed E-state index contributed by atoms with van der Waals surface area (Å²) in [7, 11) is 0. The van der Waals surface area contributed by atoms with Crippen LogP contribution >= 0.6 is 0 Å². The van der Waals surface area contributed by atoms with Crippen LogP contribution in [0.15, 0.2) is 47.0 Å². The molecule has 0 aliphatic carbocycles. The number of nitrogens with one attached hydrogen (secondary N) is 1. The van der Waals surface area contributed by atoms with Crippen LogP contribution < -0.4 is 5.32 Å². The molecule has 0 fully saturated rings. The first-order valence-corrected chi connectivity index (χ1v) is 6.00. The minimum Gasteiger partial charge on any atom is -0.475 e. The normalized spacial score (nSPS) is 10.6. The largest absolute Gasteiger partial charge is 0.475 e. The number of anilines is 1. The summed E-state index contributed by atoms with van der Waals surface area (Å²) >= 11 is 0. The Morgan fingerprint density at radius 3 is 2.90 bits per heavy atom. The molecule has 0 saturated heterocycles. The Bertz CT molecular complexity index is 762. The first-order chi connectivity index (χ1) is 9.74. The van der Waals surface area contributed by atoms with E-state index in [4.69, 9.17) is 9.52 Å². The van der Waals surface area contributed by atoms with Gasteiger partial charge >= 0.3 is 5.97 Å². The number of hydrogen-bond acceptors (Lipinski definition) is 5. The van der Waals surface area contributed by atoms with Gasteiger partial charge in [0.25, 0.3) is 0 Å². The van der Waals surface area contributed by atoms with Crippen LogP contribution in [0.4, 0.5) is 5.82 Å². The predicted molar refractivity (Wildman–Crippen MR) is 72.5 cm³/mol. The zero-order valence-corrected chi connectivity index (χ0v) is 10.4. The molecule has 0 unspecified atom stereocenters. The lowest BCUT2D eigenvalue weighted by Crippen LogP contribution is -2.02. The second kappa shape index (κ2) is 5.00. The quantitative estimate of drug-likeness (QED) is 0.756. The van der Waals surface area contributed by atoms with Gasteiger partial charge in [0.05, 0.1) is 12.7 Å². The first kappa shape index (κ1) is 12.2. The monoisotopic (exact) mass is 269 g/mol. The molecule has 3 rings (SSSR count). The molecule has 2 aromatic heterocycles. The number of fused-ring (bicyclic) bond motifs is 1. The van der Waals surface area contributed by atoms with Crippen LogP contribution in [0.3, 0.4) is 0 Å². The molecular weight excluding hydrogens is 258 g/mol. The minimum absolute atomic E-state index is 0.0780. The lowest BCUT2D eigenvalue weighted by molar-refractivity contribution is 0.0660. The highest BCUT2D eigenvalue weighted by Crippen LogP contribution is 2.20. The Morgan fingerprint density at radius 1 is 1.25 bits per heavy atom. The molecule has 0 bridgehead atoms. The minimum atomic E-state index is -1.08. The Hall–Kier alpha value is -2.89. The number of furan rings is 1. The summed E-state index contributed by atoms with van der Waals surface area (Å²) in [6.45, 7) is 0.343. The molecule has 0 spiro atoms. The molecule has 20 heavy (non-hydrogen) atoms. The van der Waals surface area contributed by atoms with Crippen LogP contribution in [-0.2, 0) is 6.54 Å². The maximum Gasteiger partial charge on any atom is 0.371 e. The van der Waals surface area contributed by atoms with Crippen molar-refractivity contribution in [3.05, 3.63) is 54.1 Å². The van der Waals surface area contributed by atoms with Crippen molar-refractivity contribution in [2.45, 2.75) is 6.54 Å². The summed E-state index contributed by atoms with van der Waals surface area (Å²) in [5.74, 6) is 0.000477. The fraction of sp³-hybridized carbons (Fsp3) is 0.0714. The van der Waals surface area contributed by atoms with E-state index in [1.165, 1.54) is 6.07 Å². The van der Waals surface area contributed by atoms with Gasteiger partial charge in [-0.3, -0.25) is 0 Å². The van der Waals surface area contributed by atoms with Gasteiger partial charge in [-0.25, -0.2) is 4.79 Å². The van der Waals surface area contributed by atoms with E-state index in [0.29, 0.717) is 18.1 Å². The van der Waals surface area contributed by atoms with Gasteiger partial charge in [-0.1, -0.05) is 24.3 Å². The van der Waals surface area contributed by atoms with Crippen molar-refractivity contribution in [2.75, 3.05) is 5.32 Å². The Labute approximate surface area is 114 Å². The summed E-state index contributed by atoms with van der Waals surface area (Å²) in [6.07, 6.45) is 1.69. The summed E-state index contributed by atoms with van der Waals surface area (Å²) in [6, 6.07) is 10.8. The molecule has 0 saturated carbocycles. The van der Waals surface area contributed by atoms with Gasteiger partial charge in [-0.15, -0.1) is 5.10 Å². The van der Waals surface area contributed by atoms with Crippen molar-refractivity contribution in [3.63, 3.8) is 0 Å². The molecular formula is C14H11N3O3. The fourth-order valence-corrected chi connectivity index (χ4v) is 1.92. The topological polar surface area (TPSA) is 88.2 Å². The second-order valence-electron chi connectivity index (χ2n) is 4.21. The van der Waals surface area contributed by atoms with E-state index in [0.717, 1.165) is 10.8 Å². The van der Waals surface area contributed by atoms with Crippen molar-refractivity contribution in [2.24, 2.45) is 0 Å². The van der Waals surface area contributed by atoms with E-state index in [2.05, 4.69) is 15.5 Å². The predicted octanol–water partition coefficient (Wildman–Crippen LogP) is 2.53. The van der Waals surface area contributed by atoms with Crippen LogP contribution in [0.1, 0.15) is 16.3 Å². The molecule has 0 aliphatic heterocycles. The van der Waals surface area contributed by atoms with E-state index >= 15 is 0 Å². The zero-order chi connectivity index (χ0) is 13.9. The van der Waals surface area contributed by atoms with Crippen LogP contribution in [-0.4, -0.2) is 21.3 Å². The summed E-state index contributed by atoms with van der Waals surface area (Å²) in [4.78, 5) is 10.7. The highest BCUT2D eigenvalue weighted by atomic mass is 16.4. The molecule has 6 nitrogen and oxygen atoms in total. The average Bonchev–Trinajstić information content (AvgIpc) is 2.94. The van der Waals surface area contributed by atoms with Gasteiger partial charge in [-0.05, 0) is 12.1 Å². The Morgan fingerprint density at radius 2 is 2.10 bits per heavy atom. The molecule has 1 aromatic carbocycles. The molecule has 100 valence electrons. The molecule has 2 heterocycles. The summed E-state index contributed by atoms with van der Waals surface area (Å²) in [5, 5.41) is 21.8. The highest BCUT2D eigenvalue weighted by molar-refractivity contribution is 5.90. The maximum absolute atomic E-state index is 10.7. The Balaban J connectivity index is 1.81. The fourth-order valence-electron chi connectivity index (χ4n) is 1.92. The van der Waals surface area contributed by atoms with Crippen LogP contribution in [0.5, 0.6) is 0 Å². The molecule has 2 N–H and O–H groups in total. The van der Waals surface area contributed by atoms with E-state index < -0.39 is 5.97 Å². The molecule has 0 atom stereocenters. The third kappa shape index (κ3) is 2.31. The Kier molecular flexibility index (Phi) is 3.04. The zero-order valence-electron chi connectivity index (χ0n) is 10.4. The highest BCUT2D eigenvalue weighted by Gasteiger charge is 2.09. The number of nitrogens with zero attached hydrogens (tertiary/aromatic N) is 2. The third-order valence-electron chi connectivity index (χ3n) is 2.87. The number of aromatic carboxylic acids is 1. The average molecular weight is 269 g/mol. The van der Waals surface area contributed by atoms with E-state index in [1.54, 1.807) is 12.3 Å². The lowest BCUT2D eigenvalue weighted by atomic mass is 10.2. The standard InChI is InChI=1S/C14H11N3O3/c18-14(19)12-6-5-10(20-12)8-15-13-11-4-2-1-3-9(11)7-16-17-13/h1-7H,8H2,(H,15,17)(H,18,19). The SMILES string of the molecule is O=C(O)c1ccc(CNc2nncc3ccccc23)o1. The number of aromatic nitrogens is 2. The molecule has 6 heteroatoms. The van der Waals surface area contributed by atoms with Crippen molar-refractivity contribution in [1.29, 1.82) is 0 Å². The van der Waals surface area contributed by atoms with Crippen LogP contribution in [0, 0.1) is 0 Å². The van der Waals surface area contributed by atoms with Crippen molar-refractivity contribution in [1.82, 2.24) is 10.2 Å². The number of carboxylic acids is 1. The van der Waals surface area contributed by atoms with Crippen molar-refractivity contribution >= 4 is 22.6 Å². The van der Waals surface area contributed by atoms with Crippen LogP contribution in [0.25, 0.3) is 10.8 Å². The molecule has 3 aromatic rings. The molecule has 0 aliphatic rings. The van der Waals surface area contributed by atoms with Gasteiger partial charge in [0, 0.05) is 10.8 Å². The van der Waals surface area contributed by atoms with Crippen molar-refractivity contribution < 1.29 is 14.3 Å². The number of rotatable bonds is 4. The summed E-state index contributed by atoms with van der Waals surface area (Å²) < 4.78 is 5.17. The van der Waals surface area contributed by atoms with Crippen molar-refractivity contribution in [3.8, 4) is 0 Å². The van der Waals surface area contributed by atoms with E-state index in [-0.39, 0.29) is 5.76 Å². The number of benzene rings is 1. The van der Waals surface area contributed by atoms with E-state index in [9.17, 15) is 4.79 Å². The maximum atomic E-state index is 10.7. The molecule has 0 amide bonds. The van der Waals surface area contributed by atoms with Gasteiger partial charge in [0.2, 0.25) is 5.76 Å². The smallest absolute Gasteiger partial charge is 0.371 e. The molecule has 0 radical (unpaired) electrons. The van der Waals surface area contributed by atoms with Gasteiger partial charge in [-0.2, -0.15) is 5.10 Å². The number of carbonyl (C=O) groups is 1. The number of hydrogen-bond donors (Lipinski definition) is 2. The third-order valence-corrected chi connectivity index (χ3v) is 2.87. The second-order valence-corrected chi connectivity index (χ2v) is 4.21. The van der Waals surface area contributed by atoms with Gasteiger partial charge in [0.1, 0.15) is 5.76 Å². The van der Waals surface area contributed by atoms with Gasteiger partial charge in [0.15, 0.2) is 5.82 Å². The number of carboxylic acid groups (broad SMARTS) is 1. The van der Waals surface area contributed by atoms with Crippen LogP contribution in [0.2, 0.25) is 0 Å².